The number of ether oxygens (including phenoxy) is 1. The Morgan fingerprint density at radius 1 is 0.647 bits per heavy atom. The summed E-state index contributed by atoms with van der Waals surface area (Å²) < 4.78 is 26.4. The fraction of sp³-hybridized carbons (Fsp3) is 0.564. The number of nitrogens with one attached hydrogen (secondary N) is 1. The Hall–Kier alpha value is -3.34. The van der Waals surface area contributed by atoms with E-state index in [0.29, 0.717) is 19.3 Å². The third kappa shape index (κ3) is 33.6. The fourth-order valence-electron chi connectivity index (χ4n) is 4.12. The van der Waals surface area contributed by atoms with Crippen molar-refractivity contribution in [2.45, 2.75) is 122 Å². The SMILES string of the molecule is CC/C=C\C/C=C\C/C=C\C/C=C\C/C=C\C/C=C\C/C=C\CCCC(=O)NC(COP(=O)(O)OCC(O)COC(=O)CCCCCC)C(=O)O. The maximum absolute atomic E-state index is 12.2. The number of phosphoric ester groups is 1. The molecule has 0 aromatic carbocycles. The molecule has 12 heteroatoms. The van der Waals surface area contributed by atoms with Crippen LogP contribution in [0.15, 0.2) is 85.1 Å². The number of aliphatic hydroxyl groups is 1. The number of aliphatic carboxylic acids is 1. The Morgan fingerprint density at radius 2 is 1.14 bits per heavy atom. The maximum atomic E-state index is 12.2. The Balaban J connectivity index is 4.09. The van der Waals surface area contributed by atoms with Crippen molar-refractivity contribution in [3.8, 4) is 0 Å². The molecule has 0 aromatic heterocycles. The fourth-order valence-corrected chi connectivity index (χ4v) is 4.90. The van der Waals surface area contributed by atoms with E-state index >= 15 is 0 Å². The maximum Gasteiger partial charge on any atom is 0.472 e. The zero-order chi connectivity index (χ0) is 37.8. The minimum absolute atomic E-state index is 0.0604. The number of amides is 1. The largest absolute Gasteiger partial charge is 0.480 e. The second-order valence-electron chi connectivity index (χ2n) is 11.7. The summed E-state index contributed by atoms with van der Waals surface area (Å²) in [6.07, 6.45) is 39.9. The van der Waals surface area contributed by atoms with Gasteiger partial charge in [0.1, 0.15) is 12.7 Å². The van der Waals surface area contributed by atoms with Crippen LogP contribution in [0.3, 0.4) is 0 Å². The van der Waals surface area contributed by atoms with Crippen molar-refractivity contribution in [1.29, 1.82) is 0 Å². The number of phosphoric acid groups is 1. The number of hydrogen-bond donors (Lipinski definition) is 4. The topological polar surface area (TPSA) is 169 Å². The zero-order valence-electron chi connectivity index (χ0n) is 30.6. The normalized spacial score (nSPS) is 14.9. The lowest BCUT2D eigenvalue weighted by Gasteiger charge is -2.18. The summed E-state index contributed by atoms with van der Waals surface area (Å²) in [5.41, 5.74) is 0. The number of aliphatic hydroxyl groups excluding tert-OH is 1. The number of rotatable bonds is 32. The Morgan fingerprint density at radius 3 is 1.63 bits per heavy atom. The van der Waals surface area contributed by atoms with Crippen molar-refractivity contribution in [3.63, 3.8) is 0 Å². The van der Waals surface area contributed by atoms with E-state index in [2.05, 4.69) is 89.7 Å². The molecule has 51 heavy (non-hydrogen) atoms. The third-order valence-electron chi connectivity index (χ3n) is 6.95. The molecule has 11 nitrogen and oxygen atoms in total. The lowest BCUT2D eigenvalue weighted by molar-refractivity contribution is -0.147. The van der Waals surface area contributed by atoms with Crippen molar-refractivity contribution >= 4 is 25.7 Å². The molecule has 288 valence electrons. The number of carboxylic acids is 1. The van der Waals surface area contributed by atoms with E-state index in [9.17, 15) is 34.1 Å². The van der Waals surface area contributed by atoms with Crippen LogP contribution in [0.25, 0.3) is 0 Å². The van der Waals surface area contributed by atoms with E-state index in [1.54, 1.807) is 0 Å². The van der Waals surface area contributed by atoms with Gasteiger partial charge in [-0.1, -0.05) is 118 Å². The van der Waals surface area contributed by atoms with Crippen LogP contribution in [-0.4, -0.2) is 64.9 Å². The first-order valence-electron chi connectivity index (χ1n) is 18.1. The highest BCUT2D eigenvalue weighted by Crippen LogP contribution is 2.43. The van der Waals surface area contributed by atoms with E-state index < -0.39 is 57.6 Å². The molecule has 0 rings (SSSR count). The first kappa shape index (κ1) is 47.7. The van der Waals surface area contributed by atoms with Gasteiger partial charge in [-0.2, -0.15) is 0 Å². The molecule has 0 aliphatic rings. The van der Waals surface area contributed by atoms with Gasteiger partial charge in [-0.3, -0.25) is 18.6 Å². The van der Waals surface area contributed by atoms with E-state index in [0.717, 1.165) is 64.2 Å². The molecule has 4 N–H and O–H groups in total. The molecule has 0 heterocycles. The molecular weight excluding hydrogens is 673 g/mol. The molecule has 3 atom stereocenters. The first-order valence-corrected chi connectivity index (χ1v) is 19.6. The summed E-state index contributed by atoms with van der Waals surface area (Å²) in [6, 6.07) is -1.58. The van der Waals surface area contributed by atoms with Crippen LogP contribution < -0.4 is 5.32 Å². The van der Waals surface area contributed by atoms with E-state index in [1.165, 1.54) is 0 Å². The van der Waals surface area contributed by atoms with Crippen LogP contribution in [0, 0.1) is 0 Å². The summed E-state index contributed by atoms with van der Waals surface area (Å²) in [6.45, 7) is 2.24. The van der Waals surface area contributed by atoms with Gasteiger partial charge in [0, 0.05) is 12.8 Å². The number of carboxylic acid groups (broad SMARTS) is 1. The number of allylic oxidation sites excluding steroid dienone is 14. The minimum Gasteiger partial charge on any atom is -0.480 e. The van der Waals surface area contributed by atoms with Crippen LogP contribution in [-0.2, 0) is 32.7 Å². The highest BCUT2D eigenvalue weighted by Gasteiger charge is 2.28. The van der Waals surface area contributed by atoms with Crippen molar-refractivity contribution in [3.05, 3.63) is 85.1 Å². The molecule has 0 saturated carbocycles. The zero-order valence-corrected chi connectivity index (χ0v) is 31.5. The van der Waals surface area contributed by atoms with E-state index in [1.807, 2.05) is 19.1 Å². The molecule has 0 saturated heterocycles. The van der Waals surface area contributed by atoms with Crippen LogP contribution >= 0.6 is 7.82 Å². The van der Waals surface area contributed by atoms with Crippen molar-refractivity contribution in [2.75, 3.05) is 19.8 Å². The van der Waals surface area contributed by atoms with Crippen molar-refractivity contribution in [1.82, 2.24) is 5.32 Å². The van der Waals surface area contributed by atoms with Crippen molar-refractivity contribution < 1.29 is 47.8 Å². The molecule has 0 fully saturated rings. The second-order valence-corrected chi connectivity index (χ2v) is 13.1. The average Bonchev–Trinajstić information content (AvgIpc) is 3.10. The van der Waals surface area contributed by atoms with Crippen LogP contribution in [0.2, 0.25) is 0 Å². The summed E-state index contributed by atoms with van der Waals surface area (Å²) in [4.78, 5) is 45.3. The lowest BCUT2D eigenvalue weighted by Crippen LogP contribution is -2.43. The summed E-state index contributed by atoms with van der Waals surface area (Å²) in [5, 5.41) is 21.5. The Kier molecular flexibility index (Phi) is 31.6. The molecule has 0 bridgehead atoms. The quantitative estimate of drug-likeness (QED) is 0.0228. The monoisotopic (exact) mass is 735 g/mol. The van der Waals surface area contributed by atoms with Gasteiger partial charge in [0.2, 0.25) is 5.91 Å². The lowest BCUT2D eigenvalue weighted by atomic mass is 10.2. The highest BCUT2D eigenvalue weighted by molar-refractivity contribution is 7.47. The molecule has 0 spiro atoms. The first-order chi connectivity index (χ1) is 24.6. The van der Waals surface area contributed by atoms with E-state index in [4.69, 9.17) is 9.26 Å². The Labute approximate surface area is 305 Å². The second kappa shape index (κ2) is 33.8. The van der Waals surface area contributed by atoms with Gasteiger partial charge in [0.05, 0.1) is 13.2 Å². The summed E-state index contributed by atoms with van der Waals surface area (Å²) in [7, 11) is -4.76. The highest BCUT2D eigenvalue weighted by atomic mass is 31.2. The van der Waals surface area contributed by atoms with Crippen LogP contribution in [0.5, 0.6) is 0 Å². The predicted octanol–water partition coefficient (Wildman–Crippen LogP) is 8.38. The predicted molar refractivity (Wildman–Crippen MR) is 203 cm³/mol. The van der Waals surface area contributed by atoms with Gasteiger partial charge in [-0.25, -0.2) is 9.36 Å². The molecule has 1 amide bonds. The summed E-state index contributed by atoms with van der Waals surface area (Å²) >= 11 is 0. The number of carbonyl (C=O) groups is 3. The standard InChI is InChI=1S/C39H62NO10P/c1-3-5-7-9-10-11-12-13-14-15-16-17-18-19-20-21-22-23-24-25-26-27-28-30-37(42)40-36(39(44)45)34-50-51(46,47)49-33-35(41)32-48-38(43)31-29-8-6-4-2/h5,7,10-11,13-14,16-17,19-20,22-23,25-26,35-36,41H,3-4,6,8-9,12,15,18,21,24,27-34H2,1-2H3,(H,40,42)(H,44,45)(H,46,47)/b7-5-,11-10-,14-13-,17-16-,20-19-,23-22-,26-25-. The molecule has 3 unspecified atom stereocenters. The van der Waals surface area contributed by atoms with Gasteiger partial charge in [0.15, 0.2) is 6.04 Å². The minimum atomic E-state index is -4.76. The number of unbranched alkanes of at least 4 members (excludes halogenated alkanes) is 4. The van der Waals surface area contributed by atoms with Gasteiger partial charge in [0.25, 0.3) is 0 Å². The van der Waals surface area contributed by atoms with Gasteiger partial charge in [-0.05, 0) is 64.2 Å². The molecule has 0 aliphatic heterocycles. The van der Waals surface area contributed by atoms with Gasteiger partial charge < -0.3 is 25.2 Å². The smallest absolute Gasteiger partial charge is 0.472 e. The molecule has 0 aromatic rings. The van der Waals surface area contributed by atoms with Crippen molar-refractivity contribution in [2.24, 2.45) is 0 Å². The van der Waals surface area contributed by atoms with Gasteiger partial charge >= 0.3 is 19.8 Å². The van der Waals surface area contributed by atoms with E-state index in [-0.39, 0.29) is 12.8 Å². The average molecular weight is 736 g/mol. The van der Waals surface area contributed by atoms with Gasteiger partial charge in [-0.15, -0.1) is 0 Å². The third-order valence-corrected chi connectivity index (χ3v) is 7.90. The molecule has 0 radical (unpaired) electrons. The Bertz CT molecular complexity index is 1190. The molecule has 0 aliphatic carbocycles. The van der Waals surface area contributed by atoms with Crippen LogP contribution in [0.1, 0.15) is 110 Å². The number of esters is 1. The number of carbonyl (C=O) groups excluding carboxylic acids is 2. The summed E-state index contributed by atoms with van der Waals surface area (Å²) in [5.74, 6) is -2.49. The molecular formula is C39H62NO10P. The van der Waals surface area contributed by atoms with Crippen LogP contribution in [0.4, 0.5) is 0 Å². The number of hydrogen-bond acceptors (Lipinski definition) is 8.